The quantitative estimate of drug-likeness (QED) is 0.550. The molecule has 0 atom stereocenters. The van der Waals surface area contributed by atoms with Crippen LogP contribution in [-0.2, 0) is 18.9 Å². The highest BCUT2D eigenvalue weighted by atomic mass is 35.5. The van der Waals surface area contributed by atoms with Crippen molar-refractivity contribution < 1.29 is 9.53 Å². The standard InChI is InChI=1S/C18H17ClN4O3/c1-22-15-8-3-12(9-16(15)23(2)18(22)25)10-20-21-17(24)11-26-14-6-4-13(19)5-7-14/h3-10H,11H2,1-2H3,(H,21,24)/b20-10+. The average molecular weight is 373 g/mol. The fourth-order valence-corrected chi connectivity index (χ4v) is 2.62. The number of carbonyl (C=O) groups excluding carboxylic acids is 1. The fraction of sp³-hybridized carbons (Fsp3) is 0.167. The van der Waals surface area contributed by atoms with E-state index in [4.69, 9.17) is 16.3 Å². The van der Waals surface area contributed by atoms with Gasteiger partial charge in [0.2, 0.25) is 0 Å². The minimum Gasteiger partial charge on any atom is -0.484 e. The molecule has 8 heteroatoms. The Hall–Kier alpha value is -3.06. The van der Waals surface area contributed by atoms with Crippen molar-refractivity contribution in [3.8, 4) is 5.75 Å². The molecular weight excluding hydrogens is 356 g/mol. The molecule has 0 bridgehead atoms. The molecular formula is C18H17ClN4O3. The molecule has 26 heavy (non-hydrogen) atoms. The molecule has 0 aliphatic rings. The predicted molar refractivity (Wildman–Crippen MR) is 101 cm³/mol. The number of aryl methyl sites for hydroxylation is 2. The van der Waals surface area contributed by atoms with Crippen molar-refractivity contribution in [2.24, 2.45) is 19.2 Å². The van der Waals surface area contributed by atoms with Gasteiger partial charge in [-0.1, -0.05) is 17.7 Å². The van der Waals surface area contributed by atoms with Crippen molar-refractivity contribution in [2.45, 2.75) is 0 Å². The van der Waals surface area contributed by atoms with Crippen LogP contribution in [0, 0.1) is 0 Å². The lowest BCUT2D eigenvalue weighted by molar-refractivity contribution is -0.123. The summed E-state index contributed by atoms with van der Waals surface area (Å²) in [6.45, 7) is -0.162. The van der Waals surface area contributed by atoms with Crippen LogP contribution < -0.4 is 15.9 Å². The summed E-state index contributed by atoms with van der Waals surface area (Å²) in [5.41, 5.74) is 4.68. The zero-order valence-electron chi connectivity index (χ0n) is 14.3. The molecule has 134 valence electrons. The Morgan fingerprint density at radius 1 is 1.15 bits per heavy atom. The molecule has 7 nitrogen and oxygen atoms in total. The number of hydrogen-bond donors (Lipinski definition) is 1. The molecule has 0 spiro atoms. The van der Waals surface area contributed by atoms with E-state index in [9.17, 15) is 9.59 Å². The number of amides is 1. The van der Waals surface area contributed by atoms with Crippen molar-refractivity contribution in [3.05, 3.63) is 63.5 Å². The van der Waals surface area contributed by atoms with E-state index < -0.39 is 0 Å². The molecule has 1 heterocycles. The van der Waals surface area contributed by atoms with Crippen molar-refractivity contribution in [2.75, 3.05) is 6.61 Å². The van der Waals surface area contributed by atoms with Gasteiger partial charge in [-0.15, -0.1) is 0 Å². The fourth-order valence-electron chi connectivity index (χ4n) is 2.49. The van der Waals surface area contributed by atoms with Crippen LogP contribution in [0.5, 0.6) is 5.75 Å². The topological polar surface area (TPSA) is 77.6 Å². The van der Waals surface area contributed by atoms with Gasteiger partial charge in [0.25, 0.3) is 5.91 Å². The highest BCUT2D eigenvalue weighted by Crippen LogP contribution is 2.15. The highest BCUT2D eigenvalue weighted by molar-refractivity contribution is 6.30. The van der Waals surface area contributed by atoms with Gasteiger partial charge in [-0.3, -0.25) is 13.9 Å². The molecule has 2 aromatic carbocycles. The molecule has 0 fully saturated rings. The molecule has 3 aromatic rings. The van der Waals surface area contributed by atoms with Crippen molar-refractivity contribution in [3.63, 3.8) is 0 Å². The van der Waals surface area contributed by atoms with Gasteiger partial charge in [-0.2, -0.15) is 5.10 Å². The van der Waals surface area contributed by atoms with Crippen molar-refractivity contribution >= 4 is 34.8 Å². The van der Waals surface area contributed by atoms with Gasteiger partial charge in [0.15, 0.2) is 6.61 Å². The van der Waals surface area contributed by atoms with E-state index >= 15 is 0 Å². The van der Waals surface area contributed by atoms with E-state index in [1.165, 1.54) is 6.21 Å². The summed E-state index contributed by atoms with van der Waals surface area (Å²) in [7, 11) is 3.43. The molecule has 1 N–H and O–H groups in total. The number of carbonyl (C=O) groups is 1. The maximum Gasteiger partial charge on any atom is 0.328 e. The maximum atomic E-state index is 11.9. The molecule has 0 unspecified atom stereocenters. The average Bonchev–Trinajstić information content (AvgIpc) is 2.85. The number of nitrogens with zero attached hydrogens (tertiary/aromatic N) is 3. The number of hydrazone groups is 1. The first-order valence-corrected chi connectivity index (χ1v) is 8.19. The summed E-state index contributed by atoms with van der Waals surface area (Å²) in [4.78, 5) is 23.7. The first kappa shape index (κ1) is 17.8. The SMILES string of the molecule is Cn1c(=O)n(C)c2cc(/C=N/NC(=O)COc3ccc(Cl)cc3)ccc21. The second kappa shape index (κ2) is 7.45. The minimum atomic E-state index is -0.385. The van der Waals surface area contributed by atoms with E-state index in [0.29, 0.717) is 10.8 Å². The number of ether oxygens (including phenoxy) is 1. The molecule has 1 aromatic heterocycles. The Kier molecular flexibility index (Phi) is 5.09. The number of imidazole rings is 1. The summed E-state index contributed by atoms with van der Waals surface area (Å²) in [6, 6.07) is 12.2. The Morgan fingerprint density at radius 3 is 2.58 bits per heavy atom. The Labute approximate surface area is 154 Å². The van der Waals surface area contributed by atoms with Gasteiger partial charge in [0, 0.05) is 19.1 Å². The first-order valence-electron chi connectivity index (χ1n) is 7.81. The van der Waals surface area contributed by atoms with Gasteiger partial charge >= 0.3 is 5.69 Å². The number of fused-ring (bicyclic) bond motifs is 1. The first-order chi connectivity index (χ1) is 12.5. The second-order valence-electron chi connectivity index (χ2n) is 5.68. The minimum absolute atomic E-state index is 0.0956. The Bertz CT molecular complexity index is 1040. The van der Waals surface area contributed by atoms with Crippen molar-refractivity contribution in [1.82, 2.24) is 14.6 Å². The molecule has 0 radical (unpaired) electrons. The molecule has 0 aliphatic heterocycles. The van der Waals surface area contributed by atoms with E-state index in [0.717, 1.165) is 16.6 Å². The summed E-state index contributed by atoms with van der Waals surface area (Å²) >= 11 is 5.78. The van der Waals surface area contributed by atoms with E-state index in [1.54, 1.807) is 47.5 Å². The predicted octanol–water partition coefficient (Wildman–Crippen LogP) is 2.06. The van der Waals surface area contributed by atoms with E-state index in [2.05, 4.69) is 10.5 Å². The van der Waals surface area contributed by atoms with Gasteiger partial charge in [0.05, 0.1) is 17.2 Å². The monoisotopic (exact) mass is 372 g/mol. The van der Waals surface area contributed by atoms with Crippen LogP contribution in [0.1, 0.15) is 5.56 Å². The summed E-state index contributed by atoms with van der Waals surface area (Å²) in [5.74, 6) is 0.161. The Morgan fingerprint density at radius 2 is 1.85 bits per heavy atom. The molecule has 0 saturated heterocycles. The molecule has 3 rings (SSSR count). The van der Waals surface area contributed by atoms with Gasteiger partial charge < -0.3 is 4.74 Å². The van der Waals surface area contributed by atoms with E-state index in [-0.39, 0.29) is 18.2 Å². The maximum absolute atomic E-state index is 11.9. The lowest BCUT2D eigenvalue weighted by Crippen LogP contribution is -2.24. The zero-order valence-corrected chi connectivity index (χ0v) is 15.0. The van der Waals surface area contributed by atoms with Crippen LogP contribution in [0.4, 0.5) is 0 Å². The normalized spacial score (nSPS) is 11.2. The lowest BCUT2D eigenvalue weighted by Gasteiger charge is -2.04. The van der Waals surface area contributed by atoms with Crippen LogP contribution in [0.25, 0.3) is 11.0 Å². The number of aromatic nitrogens is 2. The van der Waals surface area contributed by atoms with Crippen LogP contribution >= 0.6 is 11.6 Å². The second-order valence-corrected chi connectivity index (χ2v) is 6.12. The van der Waals surface area contributed by atoms with Gasteiger partial charge in [0.1, 0.15) is 5.75 Å². The third kappa shape index (κ3) is 3.78. The summed E-state index contributed by atoms with van der Waals surface area (Å²) in [6.07, 6.45) is 1.51. The highest BCUT2D eigenvalue weighted by Gasteiger charge is 2.07. The van der Waals surface area contributed by atoms with Crippen LogP contribution in [-0.4, -0.2) is 27.9 Å². The number of halogens is 1. The summed E-state index contributed by atoms with van der Waals surface area (Å²) < 4.78 is 8.47. The lowest BCUT2D eigenvalue weighted by atomic mass is 10.2. The van der Waals surface area contributed by atoms with Crippen molar-refractivity contribution in [1.29, 1.82) is 0 Å². The van der Waals surface area contributed by atoms with Gasteiger partial charge in [-0.25, -0.2) is 10.2 Å². The molecule has 1 amide bonds. The molecule has 0 saturated carbocycles. The number of hydrogen-bond acceptors (Lipinski definition) is 4. The Balaban J connectivity index is 1.60. The van der Waals surface area contributed by atoms with Crippen LogP contribution in [0.15, 0.2) is 52.4 Å². The largest absolute Gasteiger partial charge is 0.484 e. The molecule has 0 aliphatic carbocycles. The number of nitrogens with one attached hydrogen (secondary N) is 1. The smallest absolute Gasteiger partial charge is 0.328 e. The third-order valence-corrected chi connectivity index (χ3v) is 4.13. The van der Waals surface area contributed by atoms with Crippen LogP contribution in [0.3, 0.4) is 0 Å². The van der Waals surface area contributed by atoms with Gasteiger partial charge in [-0.05, 0) is 42.0 Å². The van der Waals surface area contributed by atoms with Crippen LogP contribution in [0.2, 0.25) is 5.02 Å². The third-order valence-electron chi connectivity index (χ3n) is 3.88. The summed E-state index contributed by atoms with van der Waals surface area (Å²) in [5, 5.41) is 4.51. The van der Waals surface area contributed by atoms with E-state index in [1.807, 2.05) is 18.2 Å². The zero-order chi connectivity index (χ0) is 18.7. The number of rotatable bonds is 5. The number of benzene rings is 2.